The maximum absolute atomic E-state index is 11.8. The lowest BCUT2D eigenvalue weighted by molar-refractivity contribution is 0.216. The summed E-state index contributed by atoms with van der Waals surface area (Å²) in [7, 11) is -5.59. The zero-order valence-electron chi connectivity index (χ0n) is 17.8. The number of sulfone groups is 2. The summed E-state index contributed by atoms with van der Waals surface area (Å²) in [5.74, 6) is 0.727. The Bertz CT molecular complexity index is 1020. The molecule has 0 aromatic heterocycles. The average molecular weight is 483 g/mol. The van der Waals surface area contributed by atoms with Gasteiger partial charge in [0.1, 0.15) is 0 Å². The number of nitrogens with one attached hydrogen (secondary N) is 2. The van der Waals surface area contributed by atoms with Crippen LogP contribution >= 0.6 is 0 Å². The summed E-state index contributed by atoms with van der Waals surface area (Å²) in [4.78, 5) is 13.3. The summed E-state index contributed by atoms with van der Waals surface area (Å²) >= 11 is 0. The standard InChI is InChI=1S/C11H14N2O3S.C6H7N.C4H9NO2S/c14-11(12-10-4-2-1-3-5-10)13-6-8-17(15,16)9-7-13;7-6-4-2-1-3-5-6;6-8(7)3-1-5-2-4-8/h1-5H,6-9H2,(H,12,14);1-5H,7H2;5H,1-4H2. The monoisotopic (exact) mass is 482 g/mol. The summed E-state index contributed by atoms with van der Waals surface area (Å²) in [6.07, 6.45) is 0. The Morgan fingerprint density at radius 2 is 1.25 bits per heavy atom. The molecule has 2 heterocycles. The van der Waals surface area contributed by atoms with Gasteiger partial charge in [0.2, 0.25) is 0 Å². The van der Waals surface area contributed by atoms with E-state index >= 15 is 0 Å². The van der Waals surface area contributed by atoms with Crippen molar-refractivity contribution in [3.8, 4) is 0 Å². The third kappa shape index (κ3) is 10.1. The Labute approximate surface area is 189 Å². The molecular weight excluding hydrogens is 452 g/mol. The number of nitrogens with zero attached hydrogens (tertiary/aromatic N) is 1. The number of benzene rings is 2. The van der Waals surface area contributed by atoms with Crippen molar-refractivity contribution in [2.75, 3.05) is 60.2 Å². The van der Waals surface area contributed by atoms with Crippen molar-refractivity contribution in [1.29, 1.82) is 0 Å². The number of nitrogen functional groups attached to an aromatic ring is 1. The van der Waals surface area contributed by atoms with Crippen LogP contribution in [-0.4, -0.2) is 77.0 Å². The second-order valence-electron chi connectivity index (χ2n) is 7.25. The Hall–Kier alpha value is -2.63. The van der Waals surface area contributed by atoms with Crippen molar-refractivity contribution in [3.63, 3.8) is 0 Å². The van der Waals surface area contributed by atoms with Crippen molar-refractivity contribution in [3.05, 3.63) is 60.7 Å². The van der Waals surface area contributed by atoms with Crippen molar-refractivity contribution in [1.82, 2.24) is 10.2 Å². The minimum atomic E-state index is -2.94. The minimum absolute atomic E-state index is 0.0508. The first-order chi connectivity index (χ1) is 15.2. The first-order valence-corrected chi connectivity index (χ1v) is 13.8. The molecule has 0 bridgehead atoms. The molecule has 2 saturated heterocycles. The minimum Gasteiger partial charge on any atom is -0.399 e. The van der Waals surface area contributed by atoms with E-state index in [0.29, 0.717) is 30.3 Å². The molecule has 0 saturated carbocycles. The number of carbonyl (C=O) groups is 1. The first kappa shape index (κ1) is 25.6. The lowest BCUT2D eigenvalue weighted by Crippen LogP contribution is -2.45. The molecule has 2 aliphatic rings. The van der Waals surface area contributed by atoms with Gasteiger partial charge in [-0.1, -0.05) is 36.4 Å². The fraction of sp³-hybridized carbons (Fsp3) is 0.381. The van der Waals surface area contributed by atoms with Crippen LogP contribution in [0.5, 0.6) is 0 Å². The molecule has 0 radical (unpaired) electrons. The predicted octanol–water partition coefficient (Wildman–Crippen LogP) is 1.22. The number of rotatable bonds is 1. The highest BCUT2D eigenvalue weighted by molar-refractivity contribution is 7.91. The second kappa shape index (κ2) is 12.4. The van der Waals surface area contributed by atoms with Gasteiger partial charge >= 0.3 is 6.03 Å². The van der Waals surface area contributed by atoms with Gasteiger partial charge in [-0.05, 0) is 24.3 Å². The van der Waals surface area contributed by atoms with Gasteiger partial charge < -0.3 is 21.3 Å². The first-order valence-electron chi connectivity index (χ1n) is 10.2. The van der Waals surface area contributed by atoms with Gasteiger partial charge in [-0.3, -0.25) is 0 Å². The van der Waals surface area contributed by atoms with Crippen molar-refractivity contribution >= 4 is 37.1 Å². The quantitative estimate of drug-likeness (QED) is 0.520. The molecule has 0 spiro atoms. The van der Waals surface area contributed by atoms with Gasteiger partial charge in [0.25, 0.3) is 0 Å². The number of para-hydroxylation sites is 2. The van der Waals surface area contributed by atoms with Gasteiger partial charge in [0.15, 0.2) is 19.7 Å². The molecule has 2 aliphatic heterocycles. The smallest absolute Gasteiger partial charge is 0.321 e. The van der Waals surface area contributed by atoms with Crippen LogP contribution in [0.2, 0.25) is 0 Å². The molecule has 2 aromatic rings. The van der Waals surface area contributed by atoms with Gasteiger partial charge in [-0.25, -0.2) is 21.6 Å². The van der Waals surface area contributed by atoms with Crippen LogP contribution < -0.4 is 16.4 Å². The third-order valence-corrected chi connectivity index (χ3v) is 7.90. The number of hydrogen-bond donors (Lipinski definition) is 3. The maximum Gasteiger partial charge on any atom is 0.321 e. The van der Waals surface area contributed by atoms with E-state index in [1.807, 2.05) is 48.5 Å². The molecule has 2 fully saturated rings. The summed E-state index contributed by atoms with van der Waals surface area (Å²) < 4.78 is 43.7. The van der Waals surface area contributed by atoms with Crippen LogP contribution in [0, 0.1) is 0 Å². The van der Waals surface area contributed by atoms with Crippen LogP contribution in [0.25, 0.3) is 0 Å². The largest absolute Gasteiger partial charge is 0.399 e. The summed E-state index contributed by atoms with van der Waals surface area (Å²) in [5, 5.41) is 5.69. The molecule has 9 nitrogen and oxygen atoms in total. The maximum atomic E-state index is 11.8. The normalized spacial score (nSPS) is 18.7. The summed E-state index contributed by atoms with van der Waals surface area (Å²) in [6.45, 7) is 1.78. The summed E-state index contributed by atoms with van der Waals surface area (Å²) in [5.41, 5.74) is 6.89. The number of urea groups is 1. The van der Waals surface area contributed by atoms with Crippen LogP contribution in [0.1, 0.15) is 0 Å². The van der Waals surface area contributed by atoms with E-state index in [1.165, 1.54) is 4.90 Å². The molecule has 176 valence electrons. The molecule has 0 unspecified atom stereocenters. The van der Waals surface area contributed by atoms with Gasteiger partial charge in [0, 0.05) is 37.6 Å². The van der Waals surface area contributed by atoms with Gasteiger partial charge in [0.05, 0.1) is 23.0 Å². The van der Waals surface area contributed by atoms with Crippen molar-refractivity contribution < 1.29 is 21.6 Å². The highest BCUT2D eigenvalue weighted by Crippen LogP contribution is 2.09. The number of nitrogens with two attached hydrogens (primary N) is 1. The molecule has 0 atom stereocenters. The Morgan fingerprint density at radius 1 is 0.781 bits per heavy atom. The molecule has 2 amide bonds. The molecule has 32 heavy (non-hydrogen) atoms. The van der Waals surface area contributed by atoms with E-state index < -0.39 is 19.7 Å². The fourth-order valence-corrected chi connectivity index (χ4v) is 5.09. The summed E-state index contributed by atoms with van der Waals surface area (Å²) in [6, 6.07) is 18.3. The van der Waals surface area contributed by atoms with Gasteiger partial charge in [-0.15, -0.1) is 0 Å². The predicted molar refractivity (Wildman–Crippen MR) is 128 cm³/mol. The zero-order valence-corrected chi connectivity index (χ0v) is 19.4. The Morgan fingerprint density at radius 3 is 1.66 bits per heavy atom. The van der Waals surface area contributed by atoms with Crippen LogP contribution in [-0.2, 0) is 19.7 Å². The topological polar surface area (TPSA) is 139 Å². The zero-order chi connectivity index (χ0) is 23.5. The molecule has 4 N–H and O–H groups in total. The molecule has 11 heteroatoms. The van der Waals surface area contributed by atoms with Crippen molar-refractivity contribution in [2.45, 2.75) is 0 Å². The van der Waals surface area contributed by atoms with Gasteiger partial charge in [-0.2, -0.15) is 0 Å². The number of hydrogen-bond acceptors (Lipinski definition) is 7. The number of anilines is 2. The molecule has 4 rings (SSSR count). The van der Waals surface area contributed by atoms with E-state index in [2.05, 4.69) is 10.6 Å². The van der Waals surface area contributed by atoms with Crippen LogP contribution in [0.3, 0.4) is 0 Å². The fourth-order valence-electron chi connectivity index (χ4n) is 2.77. The lowest BCUT2D eigenvalue weighted by atomic mass is 10.3. The average Bonchev–Trinajstić information content (AvgIpc) is 2.76. The Kier molecular flexibility index (Phi) is 9.95. The molecular formula is C21H30N4O5S2. The van der Waals surface area contributed by atoms with E-state index in [1.54, 1.807) is 12.1 Å². The van der Waals surface area contributed by atoms with Crippen LogP contribution in [0.15, 0.2) is 60.7 Å². The van der Waals surface area contributed by atoms with E-state index in [-0.39, 0.29) is 30.6 Å². The third-order valence-electron chi connectivity index (χ3n) is 4.64. The lowest BCUT2D eigenvalue weighted by Gasteiger charge is -2.26. The van der Waals surface area contributed by atoms with Crippen LogP contribution in [0.4, 0.5) is 16.2 Å². The highest BCUT2D eigenvalue weighted by atomic mass is 32.2. The number of amides is 2. The highest BCUT2D eigenvalue weighted by Gasteiger charge is 2.24. The molecule has 2 aromatic carbocycles. The second-order valence-corrected chi connectivity index (χ2v) is 11.9. The van der Waals surface area contributed by atoms with E-state index in [9.17, 15) is 21.6 Å². The van der Waals surface area contributed by atoms with E-state index in [4.69, 9.17) is 5.73 Å². The number of carbonyl (C=O) groups excluding carboxylic acids is 1. The van der Waals surface area contributed by atoms with E-state index in [0.717, 1.165) is 5.69 Å². The SMILES string of the molecule is Nc1ccccc1.O=C(Nc1ccccc1)N1CCS(=O)(=O)CC1.O=S1(=O)CCNCC1. The molecule has 0 aliphatic carbocycles. The van der Waals surface area contributed by atoms with Crippen molar-refractivity contribution in [2.24, 2.45) is 0 Å². The Balaban J connectivity index is 0.000000199.